The van der Waals surface area contributed by atoms with Crippen molar-refractivity contribution >= 4 is 15.7 Å². The summed E-state index contributed by atoms with van der Waals surface area (Å²) in [4.78, 5) is 13.6. The van der Waals surface area contributed by atoms with Gasteiger partial charge in [0, 0.05) is 18.5 Å². The summed E-state index contributed by atoms with van der Waals surface area (Å²) < 4.78 is 22.9. The summed E-state index contributed by atoms with van der Waals surface area (Å²) in [6.07, 6.45) is 1.90. The molecule has 1 amide bonds. The predicted molar refractivity (Wildman–Crippen MR) is 63.9 cm³/mol. The van der Waals surface area contributed by atoms with Gasteiger partial charge in [-0.15, -0.1) is 0 Å². The fraction of sp³-hybridized carbons (Fsp3) is 0.909. The normalized spacial score (nSPS) is 25.3. The van der Waals surface area contributed by atoms with E-state index in [1.807, 2.05) is 20.8 Å². The predicted octanol–water partition coefficient (Wildman–Crippen LogP) is 1.21. The first-order valence-corrected chi connectivity index (χ1v) is 7.75. The molecule has 1 aliphatic heterocycles. The minimum Gasteiger partial charge on any atom is -0.336 e. The minimum absolute atomic E-state index is 0.0662. The minimum atomic E-state index is -2.92. The standard InChI is InChI=1S/C11H21NO3S/c1-4-9(3)12(11(13)5-2)10-6-7-16(14,15)8-10/h9-10H,4-8H2,1-3H3/t9-,10-/m0/s1. The van der Waals surface area contributed by atoms with Gasteiger partial charge >= 0.3 is 0 Å². The van der Waals surface area contributed by atoms with E-state index in [1.165, 1.54) is 0 Å². The third-order valence-corrected chi connectivity index (χ3v) is 5.01. The van der Waals surface area contributed by atoms with Crippen molar-refractivity contribution in [2.45, 2.75) is 52.1 Å². The SMILES string of the molecule is CCC(=O)N([C@H]1CCS(=O)(=O)C1)[C@@H](C)CC. The second kappa shape index (κ2) is 5.17. The van der Waals surface area contributed by atoms with Gasteiger partial charge in [-0.05, 0) is 19.8 Å². The van der Waals surface area contributed by atoms with Crippen molar-refractivity contribution < 1.29 is 13.2 Å². The van der Waals surface area contributed by atoms with Gasteiger partial charge in [0.1, 0.15) is 0 Å². The highest BCUT2D eigenvalue weighted by Gasteiger charge is 2.35. The maximum absolute atomic E-state index is 11.8. The molecule has 0 bridgehead atoms. The zero-order valence-electron chi connectivity index (χ0n) is 10.3. The Morgan fingerprint density at radius 2 is 2.06 bits per heavy atom. The first-order chi connectivity index (χ1) is 7.41. The molecule has 1 rings (SSSR count). The Bertz CT molecular complexity index is 350. The number of hydrogen-bond donors (Lipinski definition) is 0. The molecule has 94 valence electrons. The van der Waals surface area contributed by atoms with Crippen molar-refractivity contribution in [3.63, 3.8) is 0 Å². The number of rotatable bonds is 4. The van der Waals surface area contributed by atoms with Crippen molar-refractivity contribution in [2.75, 3.05) is 11.5 Å². The van der Waals surface area contributed by atoms with E-state index < -0.39 is 9.84 Å². The van der Waals surface area contributed by atoms with Crippen molar-refractivity contribution in [3.8, 4) is 0 Å². The van der Waals surface area contributed by atoms with Gasteiger partial charge in [-0.25, -0.2) is 8.42 Å². The molecule has 0 spiro atoms. The van der Waals surface area contributed by atoms with Crippen molar-refractivity contribution in [1.82, 2.24) is 4.90 Å². The monoisotopic (exact) mass is 247 g/mol. The van der Waals surface area contributed by atoms with Gasteiger partial charge in [0.05, 0.1) is 11.5 Å². The Morgan fingerprint density at radius 1 is 1.44 bits per heavy atom. The van der Waals surface area contributed by atoms with Gasteiger partial charge in [-0.2, -0.15) is 0 Å². The Balaban J connectivity index is 2.82. The van der Waals surface area contributed by atoms with E-state index in [2.05, 4.69) is 0 Å². The third kappa shape index (κ3) is 2.97. The van der Waals surface area contributed by atoms with Gasteiger partial charge in [-0.3, -0.25) is 4.79 Å². The summed E-state index contributed by atoms with van der Waals surface area (Å²) in [5.41, 5.74) is 0. The molecule has 5 heteroatoms. The van der Waals surface area contributed by atoms with E-state index in [0.29, 0.717) is 12.8 Å². The molecular formula is C11H21NO3S. The first-order valence-electron chi connectivity index (χ1n) is 5.92. The largest absolute Gasteiger partial charge is 0.336 e. The van der Waals surface area contributed by atoms with Crippen LogP contribution in [-0.2, 0) is 14.6 Å². The zero-order valence-corrected chi connectivity index (χ0v) is 11.1. The fourth-order valence-electron chi connectivity index (χ4n) is 2.18. The smallest absolute Gasteiger partial charge is 0.222 e. The lowest BCUT2D eigenvalue weighted by atomic mass is 10.1. The molecule has 1 aliphatic rings. The van der Waals surface area contributed by atoms with E-state index in [4.69, 9.17) is 0 Å². The van der Waals surface area contributed by atoms with E-state index in [0.717, 1.165) is 6.42 Å². The quantitative estimate of drug-likeness (QED) is 0.750. The van der Waals surface area contributed by atoms with Crippen LogP contribution in [0, 0.1) is 0 Å². The average molecular weight is 247 g/mol. The molecule has 4 nitrogen and oxygen atoms in total. The van der Waals surface area contributed by atoms with Crippen LogP contribution in [0.1, 0.15) is 40.0 Å². The van der Waals surface area contributed by atoms with Crippen LogP contribution in [-0.4, -0.2) is 42.8 Å². The molecular weight excluding hydrogens is 226 g/mol. The number of amides is 1. The molecule has 1 fully saturated rings. The van der Waals surface area contributed by atoms with Gasteiger partial charge in [-0.1, -0.05) is 13.8 Å². The summed E-state index contributed by atoms with van der Waals surface area (Å²) in [7, 11) is -2.92. The molecule has 16 heavy (non-hydrogen) atoms. The third-order valence-electron chi connectivity index (χ3n) is 3.26. The van der Waals surface area contributed by atoms with Crippen molar-refractivity contribution in [2.24, 2.45) is 0 Å². The van der Waals surface area contributed by atoms with E-state index in [1.54, 1.807) is 4.90 Å². The summed E-state index contributed by atoms with van der Waals surface area (Å²) in [5.74, 6) is 0.432. The average Bonchev–Trinajstić information content (AvgIpc) is 2.58. The maximum Gasteiger partial charge on any atom is 0.222 e. The molecule has 0 aromatic rings. The van der Waals surface area contributed by atoms with Gasteiger partial charge in [0.2, 0.25) is 5.91 Å². The van der Waals surface area contributed by atoms with Crippen LogP contribution in [0.4, 0.5) is 0 Å². The molecule has 0 unspecified atom stereocenters. The van der Waals surface area contributed by atoms with Crippen LogP contribution in [0.15, 0.2) is 0 Å². The number of nitrogens with zero attached hydrogens (tertiary/aromatic N) is 1. The van der Waals surface area contributed by atoms with Crippen LogP contribution < -0.4 is 0 Å². The Kier molecular flexibility index (Phi) is 4.35. The topological polar surface area (TPSA) is 54.5 Å². The lowest BCUT2D eigenvalue weighted by Gasteiger charge is -2.33. The highest BCUT2D eigenvalue weighted by Crippen LogP contribution is 2.21. The molecule has 1 saturated heterocycles. The second-order valence-corrected chi connectivity index (χ2v) is 6.70. The lowest BCUT2D eigenvalue weighted by molar-refractivity contribution is -0.135. The summed E-state index contributed by atoms with van der Waals surface area (Å²) >= 11 is 0. The lowest BCUT2D eigenvalue weighted by Crippen LogP contribution is -2.46. The van der Waals surface area contributed by atoms with Crippen molar-refractivity contribution in [1.29, 1.82) is 0 Å². The second-order valence-electron chi connectivity index (χ2n) is 4.47. The summed E-state index contributed by atoms with van der Waals surface area (Å²) in [6, 6.07) is 0.0261. The molecule has 0 saturated carbocycles. The zero-order chi connectivity index (χ0) is 12.3. The number of carbonyl (C=O) groups is 1. The first kappa shape index (κ1) is 13.5. The fourth-order valence-corrected chi connectivity index (χ4v) is 3.89. The molecule has 1 heterocycles. The van der Waals surface area contributed by atoms with Gasteiger partial charge < -0.3 is 4.90 Å². The van der Waals surface area contributed by atoms with Crippen LogP contribution in [0.25, 0.3) is 0 Å². The summed E-state index contributed by atoms with van der Waals surface area (Å²) in [6.45, 7) is 5.82. The molecule has 0 aromatic carbocycles. The van der Waals surface area contributed by atoms with Crippen LogP contribution in [0.2, 0.25) is 0 Å². The van der Waals surface area contributed by atoms with E-state index in [-0.39, 0.29) is 29.5 Å². The Morgan fingerprint density at radius 3 is 2.44 bits per heavy atom. The highest BCUT2D eigenvalue weighted by atomic mass is 32.2. The van der Waals surface area contributed by atoms with Crippen LogP contribution in [0.5, 0.6) is 0 Å². The Hall–Kier alpha value is -0.580. The molecule has 0 aliphatic carbocycles. The van der Waals surface area contributed by atoms with E-state index >= 15 is 0 Å². The Labute approximate surface area is 97.9 Å². The number of hydrogen-bond acceptors (Lipinski definition) is 3. The number of sulfone groups is 1. The molecule has 0 N–H and O–H groups in total. The highest BCUT2D eigenvalue weighted by molar-refractivity contribution is 7.91. The van der Waals surface area contributed by atoms with Crippen molar-refractivity contribution in [3.05, 3.63) is 0 Å². The molecule has 0 aromatic heterocycles. The number of carbonyl (C=O) groups excluding carboxylic acids is 1. The van der Waals surface area contributed by atoms with Gasteiger partial charge in [0.25, 0.3) is 0 Å². The molecule has 2 atom stereocenters. The summed E-state index contributed by atoms with van der Waals surface area (Å²) in [5, 5.41) is 0. The van der Waals surface area contributed by atoms with Crippen LogP contribution >= 0.6 is 0 Å². The van der Waals surface area contributed by atoms with Crippen LogP contribution in [0.3, 0.4) is 0 Å². The molecule has 0 radical (unpaired) electrons. The van der Waals surface area contributed by atoms with E-state index in [9.17, 15) is 13.2 Å². The maximum atomic E-state index is 11.8. The van der Waals surface area contributed by atoms with Gasteiger partial charge in [0.15, 0.2) is 9.84 Å².